The molecule has 8 nitrogen and oxygen atoms in total. The zero-order chi connectivity index (χ0) is 27.0. The largest absolute Gasteiger partial charge is 0.497 e. The summed E-state index contributed by atoms with van der Waals surface area (Å²) in [4.78, 5) is 32.9. The number of hydrogen-bond acceptors (Lipinski definition) is 6. The molecular formula is C29H29N5O3S. The minimum absolute atomic E-state index is 0.199. The van der Waals surface area contributed by atoms with Gasteiger partial charge in [0.05, 0.1) is 34.6 Å². The highest BCUT2D eigenvalue weighted by Gasteiger charge is 2.32. The maximum Gasteiger partial charge on any atom is 0.271 e. The Morgan fingerprint density at radius 1 is 1.11 bits per heavy atom. The SMILES string of the molecule is CCn1nc(C)c(/C=c2/sc3n(c2=O)[C@@H](c2ccc(OC)cc2)C(C(=O)Nc2ccccc2)=C(C)N=3)c1C. The van der Waals surface area contributed by atoms with Crippen LogP contribution in [0.15, 0.2) is 75.7 Å². The zero-order valence-electron chi connectivity index (χ0n) is 22.0. The summed E-state index contributed by atoms with van der Waals surface area (Å²) in [7, 11) is 1.60. The molecule has 1 aliphatic heterocycles. The predicted molar refractivity (Wildman–Crippen MR) is 149 cm³/mol. The molecule has 0 aliphatic carbocycles. The Labute approximate surface area is 224 Å². The molecule has 4 aromatic rings. The number of ether oxygens (including phenoxy) is 1. The van der Waals surface area contributed by atoms with Gasteiger partial charge < -0.3 is 10.1 Å². The van der Waals surface area contributed by atoms with Gasteiger partial charge in [-0.3, -0.25) is 18.8 Å². The molecule has 1 N–H and O–H groups in total. The fraction of sp³-hybridized carbons (Fsp3) is 0.241. The van der Waals surface area contributed by atoms with Crippen LogP contribution in [-0.4, -0.2) is 27.4 Å². The number of aromatic nitrogens is 3. The number of thiazole rings is 1. The minimum atomic E-state index is -0.649. The van der Waals surface area contributed by atoms with Crippen LogP contribution < -0.4 is 24.9 Å². The molecule has 0 saturated carbocycles. The van der Waals surface area contributed by atoms with E-state index < -0.39 is 6.04 Å². The van der Waals surface area contributed by atoms with Crippen LogP contribution >= 0.6 is 11.3 Å². The number of hydrogen-bond donors (Lipinski definition) is 1. The van der Waals surface area contributed by atoms with Gasteiger partial charge in [0, 0.05) is 23.5 Å². The van der Waals surface area contributed by atoms with Crippen LogP contribution in [0.1, 0.15) is 42.4 Å². The summed E-state index contributed by atoms with van der Waals surface area (Å²) in [6.45, 7) is 8.54. The molecule has 5 rings (SSSR count). The molecule has 2 aromatic heterocycles. The Morgan fingerprint density at radius 2 is 1.82 bits per heavy atom. The van der Waals surface area contributed by atoms with Gasteiger partial charge in [-0.2, -0.15) is 5.10 Å². The molecule has 0 bridgehead atoms. The van der Waals surface area contributed by atoms with Crippen LogP contribution in [0.25, 0.3) is 6.08 Å². The molecule has 0 spiro atoms. The Kier molecular flexibility index (Phi) is 6.86. The molecular weight excluding hydrogens is 498 g/mol. The van der Waals surface area contributed by atoms with E-state index in [4.69, 9.17) is 9.73 Å². The van der Waals surface area contributed by atoms with Crippen molar-refractivity contribution in [1.82, 2.24) is 14.3 Å². The van der Waals surface area contributed by atoms with Crippen molar-refractivity contribution >= 4 is 29.0 Å². The summed E-state index contributed by atoms with van der Waals surface area (Å²) in [5.74, 6) is 0.388. The van der Waals surface area contributed by atoms with Gasteiger partial charge in [-0.25, -0.2) is 4.99 Å². The van der Waals surface area contributed by atoms with Gasteiger partial charge in [-0.15, -0.1) is 0 Å². The van der Waals surface area contributed by atoms with Crippen molar-refractivity contribution < 1.29 is 9.53 Å². The highest BCUT2D eigenvalue weighted by atomic mass is 32.1. The second-order valence-electron chi connectivity index (χ2n) is 9.08. The third-order valence-electron chi connectivity index (χ3n) is 6.74. The summed E-state index contributed by atoms with van der Waals surface area (Å²) in [6.07, 6.45) is 1.89. The summed E-state index contributed by atoms with van der Waals surface area (Å²) >= 11 is 1.32. The number of amides is 1. The first-order chi connectivity index (χ1) is 18.3. The molecule has 1 atom stereocenters. The number of methoxy groups -OCH3 is 1. The van der Waals surface area contributed by atoms with E-state index in [9.17, 15) is 9.59 Å². The molecule has 38 heavy (non-hydrogen) atoms. The van der Waals surface area contributed by atoms with Crippen molar-refractivity contribution in [2.24, 2.45) is 4.99 Å². The van der Waals surface area contributed by atoms with Crippen molar-refractivity contribution in [2.45, 2.75) is 40.3 Å². The average molecular weight is 528 g/mol. The molecule has 0 unspecified atom stereocenters. The van der Waals surface area contributed by atoms with Crippen LogP contribution in [0.5, 0.6) is 5.75 Å². The maximum atomic E-state index is 13.9. The number of benzene rings is 2. The number of carbonyl (C=O) groups excluding carboxylic acids is 1. The van der Waals surface area contributed by atoms with Crippen molar-refractivity contribution in [3.63, 3.8) is 0 Å². The number of carbonyl (C=O) groups is 1. The van der Waals surface area contributed by atoms with Gasteiger partial charge in [0.2, 0.25) is 0 Å². The van der Waals surface area contributed by atoms with Crippen LogP contribution in [-0.2, 0) is 11.3 Å². The Balaban J connectivity index is 1.69. The number of rotatable bonds is 6. The Bertz CT molecular complexity index is 1730. The second kappa shape index (κ2) is 10.3. The van der Waals surface area contributed by atoms with Crippen LogP contribution in [0.2, 0.25) is 0 Å². The third kappa shape index (κ3) is 4.50. The predicted octanol–water partition coefficient (Wildman–Crippen LogP) is 3.72. The van der Waals surface area contributed by atoms with Crippen molar-refractivity contribution in [1.29, 1.82) is 0 Å². The molecule has 0 saturated heterocycles. The summed E-state index contributed by atoms with van der Waals surface area (Å²) in [5.41, 5.74) is 5.04. The second-order valence-corrected chi connectivity index (χ2v) is 10.1. The first-order valence-electron chi connectivity index (χ1n) is 12.4. The zero-order valence-corrected chi connectivity index (χ0v) is 22.8. The van der Waals surface area contributed by atoms with E-state index >= 15 is 0 Å². The van der Waals surface area contributed by atoms with E-state index in [1.807, 2.05) is 93.1 Å². The highest BCUT2D eigenvalue weighted by Crippen LogP contribution is 2.31. The molecule has 1 amide bonds. The van der Waals surface area contributed by atoms with Gasteiger partial charge in [0.1, 0.15) is 5.75 Å². The average Bonchev–Trinajstić information content (AvgIpc) is 3.38. The topological polar surface area (TPSA) is 90.5 Å². The van der Waals surface area contributed by atoms with E-state index in [2.05, 4.69) is 10.4 Å². The normalized spacial score (nSPS) is 15.3. The number of para-hydroxylation sites is 1. The van der Waals surface area contributed by atoms with Crippen molar-refractivity contribution in [3.05, 3.63) is 108 Å². The third-order valence-corrected chi connectivity index (χ3v) is 7.72. The van der Waals surface area contributed by atoms with Crippen molar-refractivity contribution in [3.8, 4) is 5.75 Å². The smallest absolute Gasteiger partial charge is 0.271 e. The Morgan fingerprint density at radius 3 is 2.45 bits per heavy atom. The Hall–Kier alpha value is -4.24. The molecule has 0 fully saturated rings. The number of fused-ring (bicyclic) bond motifs is 1. The maximum absolute atomic E-state index is 13.9. The summed E-state index contributed by atoms with van der Waals surface area (Å²) in [6, 6.07) is 16.0. The highest BCUT2D eigenvalue weighted by molar-refractivity contribution is 7.07. The fourth-order valence-corrected chi connectivity index (χ4v) is 5.82. The lowest BCUT2D eigenvalue weighted by Crippen LogP contribution is -2.40. The van der Waals surface area contributed by atoms with Crippen LogP contribution in [0.3, 0.4) is 0 Å². The number of allylic oxidation sites excluding steroid dienone is 1. The number of nitrogens with zero attached hydrogens (tertiary/aromatic N) is 4. The molecule has 3 heterocycles. The lowest BCUT2D eigenvalue weighted by atomic mass is 9.95. The summed E-state index contributed by atoms with van der Waals surface area (Å²) < 4.78 is 9.43. The first kappa shape index (κ1) is 25.4. The monoisotopic (exact) mass is 527 g/mol. The molecule has 194 valence electrons. The van der Waals surface area contributed by atoms with Crippen LogP contribution in [0.4, 0.5) is 5.69 Å². The van der Waals surface area contributed by atoms with E-state index in [-0.39, 0.29) is 11.5 Å². The molecule has 9 heteroatoms. The van der Waals surface area contributed by atoms with E-state index in [1.165, 1.54) is 11.3 Å². The lowest BCUT2D eigenvalue weighted by molar-refractivity contribution is -0.113. The number of aryl methyl sites for hydroxylation is 2. The van der Waals surface area contributed by atoms with E-state index in [0.717, 1.165) is 29.1 Å². The van der Waals surface area contributed by atoms with E-state index in [0.29, 0.717) is 32.0 Å². The number of nitrogens with one attached hydrogen (secondary N) is 1. The number of anilines is 1. The van der Waals surface area contributed by atoms with Crippen LogP contribution in [0, 0.1) is 13.8 Å². The fourth-order valence-electron chi connectivity index (χ4n) is 4.79. The van der Waals surface area contributed by atoms with Gasteiger partial charge in [0.25, 0.3) is 11.5 Å². The summed E-state index contributed by atoms with van der Waals surface area (Å²) in [5, 5.41) is 7.56. The van der Waals surface area contributed by atoms with Crippen molar-refractivity contribution in [2.75, 3.05) is 12.4 Å². The quantitative estimate of drug-likeness (QED) is 0.414. The molecule has 1 aliphatic rings. The minimum Gasteiger partial charge on any atom is -0.497 e. The van der Waals surface area contributed by atoms with Gasteiger partial charge >= 0.3 is 0 Å². The lowest BCUT2D eigenvalue weighted by Gasteiger charge is -2.25. The van der Waals surface area contributed by atoms with Gasteiger partial charge in [-0.05, 0) is 63.6 Å². The van der Waals surface area contributed by atoms with E-state index in [1.54, 1.807) is 11.7 Å². The first-order valence-corrected chi connectivity index (χ1v) is 13.2. The van der Waals surface area contributed by atoms with Gasteiger partial charge in [0.15, 0.2) is 4.80 Å². The molecule has 0 radical (unpaired) electrons. The standard InChI is InChI=1S/C29H29N5O3S/c1-6-33-19(4)23(17(2)32-33)16-24-28(36)34-26(20-12-14-22(37-5)15-13-20)25(18(3)30-29(34)38-24)27(35)31-21-10-8-7-9-11-21/h7-16,26H,6H2,1-5H3,(H,31,35)/b24-16+/t26-/m0/s1. The van der Waals surface area contributed by atoms with Gasteiger partial charge in [-0.1, -0.05) is 41.7 Å². The molecule has 2 aromatic carbocycles.